The number of fused-ring (bicyclic) bond motifs is 1. The first kappa shape index (κ1) is 22.6. The van der Waals surface area contributed by atoms with Crippen LogP contribution in [-0.4, -0.2) is 40.2 Å². The van der Waals surface area contributed by atoms with Crippen LogP contribution >= 0.6 is 0 Å². The van der Waals surface area contributed by atoms with Crippen molar-refractivity contribution in [3.63, 3.8) is 0 Å². The van der Waals surface area contributed by atoms with E-state index in [0.29, 0.717) is 16.8 Å². The third-order valence-electron chi connectivity index (χ3n) is 6.14. The highest BCUT2D eigenvalue weighted by Crippen LogP contribution is 2.29. The standard InChI is InChI=1S/C26H26N2O4Si/c1-27-24(29)19-9-14-22-23(16-19)26(31)28(25(22)30)20-10-5-17(6-11-20)15-18-7-12-21(13-8-18)33(3,4)32-2/h5-14,16H,15H2,1-4H3,(H,27,29). The molecular formula is C26H26N2O4Si. The van der Waals surface area contributed by atoms with Crippen molar-refractivity contribution in [3.8, 4) is 0 Å². The van der Waals surface area contributed by atoms with E-state index in [2.05, 4.69) is 42.7 Å². The summed E-state index contributed by atoms with van der Waals surface area (Å²) in [5.41, 5.74) is 3.65. The molecular weight excluding hydrogens is 432 g/mol. The largest absolute Gasteiger partial charge is 0.416 e. The molecule has 3 aromatic carbocycles. The second kappa shape index (κ2) is 8.76. The molecule has 0 aromatic heterocycles. The third-order valence-corrected chi connectivity index (χ3v) is 8.88. The molecule has 1 aliphatic rings. The molecule has 0 unspecified atom stereocenters. The number of nitrogens with one attached hydrogen (secondary N) is 1. The van der Waals surface area contributed by atoms with E-state index in [4.69, 9.17) is 4.43 Å². The third kappa shape index (κ3) is 4.25. The summed E-state index contributed by atoms with van der Waals surface area (Å²) in [6.45, 7) is 4.33. The molecule has 1 aliphatic heterocycles. The zero-order valence-electron chi connectivity index (χ0n) is 19.1. The van der Waals surface area contributed by atoms with E-state index in [1.54, 1.807) is 25.3 Å². The molecule has 3 aromatic rings. The molecule has 168 valence electrons. The molecule has 4 rings (SSSR count). The molecule has 0 spiro atoms. The lowest BCUT2D eigenvalue weighted by Crippen LogP contribution is -2.43. The second-order valence-corrected chi connectivity index (χ2v) is 12.5. The lowest BCUT2D eigenvalue weighted by molar-refractivity contribution is 0.0924. The highest BCUT2D eigenvalue weighted by molar-refractivity contribution is 6.84. The van der Waals surface area contributed by atoms with E-state index in [-0.39, 0.29) is 17.4 Å². The molecule has 0 saturated carbocycles. The Morgan fingerprint density at radius 1 is 0.879 bits per heavy atom. The fourth-order valence-corrected chi connectivity index (χ4v) is 5.11. The maximum Gasteiger partial charge on any atom is 0.266 e. The highest BCUT2D eigenvalue weighted by Gasteiger charge is 2.37. The van der Waals surface area contributed by atoms with Gasteiger partial charge in [-0.3, -0.25) is 14.4 Å². The Kier molecular flexibility index (Phi) is 6.01. The zero-order valence-corrected chi connectivity index (χ0v) is 20.1. The van der Waals surface area contributed by atoms with Gasteiger partial charge in [0.05, 0.1) is 16.8 Å². The summed E-state index contributed by atoms with van der Waals surface area (Å²) in [6.07, 6.45) is 0.743. The molecule has 0 fully saturated rings. The predicted molar refractivity (Wildman–Crippen MR) is 131 cm³/mol. The monoisotopic (exact) mass is 458 g/mol. The van der Waals surface area contributed by atoms with Crippen LogP contribution in [0.1, 0.15) is 42.2 Å². The fraction of sp³-hybridized carbons (Fsp3) is 0.192. The van der Waals surface area contributed by atoms with Crippen molar-refractivity contribution in [2.45, 2.75) is 19.5 Å². The van der Waals surface area contributed by atoms with E-state index >= 15 is 0 Å². The zero-order chi connectivity index (χ0) is 23.8. The van der Waals surface area contributed by atoms with E-state index in [1.807, 2.05) is 12.1 Å². The van der Waals surface area contributed by atoms with Gasteiger partial charge in [0.15, 0.2) is 0 Å². The molecule has 1 heterocycles. The Balaban J connectivity index is 1.52. The smallest absolute Gasteiger partial charge is 0.266 e. The summed E-state index contributed by atoms with van der Waals surface area (Å²) in [6, 6.07) is 20.5. The van der Waals surface area contributed by atoms with Gasteiger partial charge in [-0.15, -0.1) is 0 Å². The van der Waals surface area contributed by atoms with Crippen LogP contribution in [0.2, 0.25) is 13.1 Å². The summed E-state index contributed by atoms with van der Waals surface area (Å²) >= 11 is 0. The Bertz CT molecular complexity index is 1230. The number of hydrogen-bond donors (Lipinski definition) is 1. The number of carbonyl (C=O) groups is 3. The van der Waals surface area contributed by atoms with Gasteiger partial charge >= 0.3 is 0 Å². The average Bonchev–Trinajstić information content (AvgIpc) is 3.08. The van der Waals surface area contributed by atoms with Gasteiger partial charge in [0, 0.05) is 19.7 Å². The minimum Gasteiger partial charge on any atom is -0.416 e. The quantitative estimate of drug-likeness (QED) is 0.453. The molecule has 3 amide bonds. The van der Waals surface area contributed by atoms with Crippen LogP contribution in [0.3, 0.4) is 0 Å². The summed E-state index contributed by atoms with van der Waals surface area (Å²) in [5, 5.41) is 3.77. The molecule has 0 saturated heterocycles. The van der Waals surface area contributed by atoms with Gasteiger partial charge in [-0.25, -0.2) is 4.90 Å². The number of anilines is 1. The Labute approximate surface area is 194 Å². The molecule has 7 heteroatoms. The first-order valence-corrected chi connectivity index (χ1v) is 13.6. The van der Waals surface area contributed by atoms with Gasteiger partial charge in [0.25, 0.3) is 17.7 Å². The number of amides is 3. The SMILES string of the molecule is CNC(=O)c1ccc2c(c1)C(=O)N(c1ccc(Cc3ccc([Si](C)(C)OC)cc3)cc1)C2=O. The summed E-state index contributed by atoms with van der Waals surface area (Å²) in [7, 11) is 1.45. The number of hydrogen-bond acceptors (Lipinski definition) is 4. The molecule has 33 heavy (non-hydrogen) atoms. The van der Waals surface area contributed by atoms with Crippen molar-refractivity contribution in [2.75, 3.05) is 19.1 Å². The Morgan fingerprint density at radius 3 is 2.03 bits per heavy atom. The number of carbonyl (C=O) groups excluding carboxylic acids is 3. The van der Waals surface area contributed by atoms with Crippen LogP contribution in [0, 0.1) is 0 Å². The van der Waals surface area contributed by atoms with Gasteiger partial charge < -0.3 is 9.74 Å². The highest BCUT2D eigenvalue weighted by atomic mass is 28.4. The normalized spacial score (nSPS) is 13.3. The Hall–Kier alpha value is -3.55. The van der Waals surface area contributed by atoms with Crippen molar-refractivity contribution < 1.29 is 18.8 Å². The molecule has 0 radical (unpaired) electrons. The van der Waals surface area contributed by atoms with Crippen molar-refractivity contribution in [2.24, 2.45) is 0 Å². The van der Waals surface area contributed by atoms with Gasteiger partial charge in [-0.05, 0) is 66.2 Å². The van der Waals surface area contributed by atoms with E-state index in [0.717, 1.165) is 16.9 Å². The van der Waals surface area contributed by atoms with E-state index in [1.165, 1.54) is 29.9 Å². The van der Waals surface area contributed by atoms with Crippen LogP contribution < -0.4 is 15.4 Å². The van der Waals surface area contributed by atoms with Crippen LogP contribution in [0.5, 0.6) is 0 Å². The maximum absolute atomic E-state index is 13.0. The average molecular weight is 459 g/mol. The summed E-state index contributed by atoms with van der Waals surface area (Å²) in [4.78, 5) is 38.9. The first-order valence-electron chi connectivity index (χ1n) is 10.7. The number of imide groups is 1. The van der Waals surface area contributed by atoms with Crippen LogP contribution in [0.4, 0.5) is 5.69 Å². The molecule has 6 nitrogen and oxygen atoms in total. The summed E-state index contributed by atoms with van der Waals surface area (Å²) < 4.78 is 5.67. The summed E-state index contributed by atoms with van der Waals surface area (Å²) in [5.74, 6) is -1.11. The molecule has 0 bridgehead atoms. The van der Waals surface area contributed by atoms with Gasteiger partial charge in [0.2, 0.25) is 8.32 Å². The van der Waals surface area contributed by atoms with Gasteiger partial charge in [0.1, 0.15) is 0 Å². The second-order valence-electron chi connectivity index (χ2n) is 8.54. The topological polar surface area (TPSA) is 75.7 Å². The molecule has 0 atom stereocenters. The minimum atomic E-state index is -1.83. The lowest BCUT2D eigenvalue weighted by Gasteiger charge is -2.20. The van der Waals surface area contributed by atoms with Crippen molar-refractivity contribution in [1.82, 2.24) is 5.32 Å². The number of rotatable bonds is 6. The Morgan fingerprint density at radius 2 is 1.45 bits per heavy atom. The molecule has 0 aliphatic carbocycles. The first-order chi connectivity index (χ1) is 15.7. The van der Waals surface area contributed by atoms with Gasteiger partial charge in [-0.2, -0.15) is 0 Å². The minimum absolute atomic E-state index is 0.243. The van der Waals surface area contributed by atoms with E-state index in [9.17, 15) is 14.4 Å². The van der Waals surface area contributed by atoms with Crippen molar-refractivity contribution >= 4 is 36.9 Å². The van der Waals surface area contributed by atoms with Crippen LogP contribution in [-0.2, 0) is 10.8 Å². The van der Waals surface area contributed by atoms with Crippen molar-refractivity contribution in [3.05, 3.63) is 94.5 Å². The van der Waals surface area contributed by atoms with E-state index < -0.39 is 14.2 Å². The van der Waals surface area contributed by atoms with Gasteiger partial charge in [-0.1, -0.05) is 36.4 Å². The fourth-order valence-electron chi connectivity index (χ4n) is 3.90. The number of nitrogens with zero attached hydrogens (tertiary/aromatic N) is 1. The predicted octanol–water partition coefficient (Wildman–Crippen LogP) is 3.50. The number of benzene rings is 3. The van der Waals surface area contributed by atoms with Crippen LogP contribution in [0.15, 0.2) is 66.7 Å². The maximum atomic E-state index is 13.0. The van der Waals surface area contributed by atoms with Crippen LogP contribution in [0.25, 0.3) is 0 Å². The molecule has 1 N–H and O–H groups in total. The lowest BCUT2D eigenvalue weighted by atomic mass is 10.0. The van der Waals surface area contributed by atoms with Crippen molar-refractivity contribution in [1.29, 1.82) is 0 Å².